The van der Waals surface area contributed by atoms with Crippen molar-refractivity contribution in [3.8, 4) is 28.6 Å². The van der Waals surface area contributed by atoms with Gasteiger partial charge in [0.1, 0.15) is 5.60 Å². The predicted octanol–water partition coefficient (Wildman–Crippen LogP) is 5.76. The maximum atomic E-state index is 13.4. The van der Waals surface area contributed by atoms with Crippen LogP contribution in [0.1, 0.15) is 62.0 Å². The minimum Gasteiger partial charge on any atom is -0.444 e. The maximum Gasteiger partial charge on any atom is 0.408 e. The van der Waals surface area contributed by atoms with Crippen molar-refractivity contribution in [2.24, 2.45) is 0 Å². The second kappa shape index (κ2) is 10.7. The summed E-state index contributed by atoms with van der Waals surface area (Å²) in [6.45, 7) is 10.5. The van der Waals surface area contributed by atoms with Crippen molar-refractivity contribution in [3.63, 3.8) is 0 Å². The van der Waals surface area contributed by atoms with E-state index in [1.165, 1.54) is 0 Å². The summed E-state index contributed by atoms with van der Waals surface area (Å²) in [7, 11) is 0. The first-order valence-corrected chi connectivity index (χ1v) is 13.7. The predicted molar refractivity (Wildman–Crippen MR) is 156 cm³/mol. The lowest BCUT2D eigenvalue weighted by atomic mass is 9.89. The molecule has 2 aromatic carbocycles. The van der Waals surface area contributed by atoms with E-state index >= 15 is 0 Å². The van der Waals surface area contributed by atoms with E-state index in [0.717, 1.165) is 33.7 Å². The monoisotopic (exact) mass is 550 g/mol. The van der Waals surface area contributed by atoms with Gasteiger partial charge in [0.05, 0.1) is 35.4 Å². The summed E-state index contributed by atoms with van der Waals surface area (Å²) in [4.78, 5) is 36.7. The Morgan fingerprint density at radius 3 is 2.34 bits per heavy atom. The summed E-state index contributed by atoms with van der Waals surface area (Å²) in [5.41, 5.74) is 5.36. The van der Waals surface area contributed by atoms with Crippen LogP contribution < -0.4 is 5.32 Å². The molecule has 9 nitrogen and oxygen atoms in total. The Balaban J connectivity index is 1.30. The lowest BCUT2D eigenvalue weighted by Crippen LogP contribution is -2.55. The average molecular weight is 551 g/mol. The van der Waals surface area contributed by atoms with Gasteiger partial charge in [0.25, 0.3) is 5.91 Å². The highest BCUT2D eigenvalue weighted by molar-refractivity contribution is 5.96. The van der Waals surface area contributed by atoms with Crippen molar-refractivity contribution >= 4 is 17.6 Å². The Morgan fingerprint density at radius 2 is 1.71 bits per heavy atom. The standard InChI is InChI=1S/C32H34N6O3/c1-21-16-24(26-20-38-27(18-35-28(38)19-34-26)23-8-6-22(17-33)7-9-23)10-11-25(21)29(39)37-14-12-32(5,13-15-37)36-30(40)41-31(2,3)4/h6-11,16,18-20H,12-15H2,1-5H3,(H,36,40). The van der Waals surface area contributed by atoms with E-state index in [-0.39, 0.29) is 5.91 Å². The summed E-state index contributed by atoms with van der Waals surface area (Å²) >= 11 is 0. The average Bonchev–Trinajstić information content (AvgIpc) is 3.35. The fourth-order valence-corrected chi connectivity index (χ4v) is 5.08. The molecule has 3 heterocycles. The van der Waals surface area contributed by atoms with Gasteiger partial charge in [-0.1, -0.05) is 18.2 Å². The van der Waals surface area contributed by atoms with Gasteiger partial charge >= 0.3 is 6.09 Å². The van der Waals surface area contributed by atoms with E-state index in [0.29, 0.717) is 37.1 Å². The number of imidazole rings is 1. The molecule has 2 aromatic heterocycles. The van der Waals surface area contributed by atoms with Crippen LogP contribution in [0.15, 0.2) is 61.1 Å². The summed E-state index contributed by atoms with van der Waals surface area (Å²) < 4.78 is 7.40. The molecule has 5 rings (SSSR count). The van der Waals surface area contributed by atoms with Gasteiger partial charge in [-0.15, -0.1) is 0 Å². The molecule has 0 radical (unpaired) electrons. The van der Waals surface area contributed by atoms with Gasteiger partial charge in [0, 0.05) is 41.5 Å². The number of aromatic nitrogens is 3. The largest absolute Gasteiger partial charge is 0.444 e. The van der Waals surface area contributed by atoms with Crippen LogP contribution in [0, 0.1) is 18.3 Å². The highest BCUT2D eigenvalue weighted by Gasteiger charge is 2.35. The zero-order valence-corrected chi connectivity index (χ0v) is 24.1. The van der Waals surface area contributed by atoms with Crippen LogP contribution in [-0.2, 0) is 4.74 Å². The lowest BCUT2D eigenvalue weighted by Gasteiger charge is -2.40. The van der Waals surface area contributed by atoms with Gasteiger partial charge in [-0.05, 0) is 77.3 Å². The van der Waals surface area contributed by atoms with Gasteiger partial charge in [-0.25, -0.2) is 9.78 Å². The number of nitrogens with zero attached hydrogens (tertiary/aromatic N) is 5. The van der Waals surface area contributed by atoms with E-state index in [9.17, 15) is 9.59 Å². The molecular formula is C32H34N6O3. The molecule has 210 valence electrons. The van der Waals surface area contributed by atoms with E-state index in [1.54, 1.807) is 24.5 Å². The Hall–Kier alpha value is -4.71. The molecule has 41 heavy (non-hydrogen) atoms. The Labute approximate surface area is 239 Å². The highest BCUT2D eigenvalue weighted by Crippen LogP contribution is 2.28. The van der Waals surface area contributed by atoms with E-state index in [4.69, 9.17) is 10.00 Å². The third-order valence-electron chi connectivity index (χ3n) is 7.42. The number of nitriles is 1. The molecule has 4 aromatic rings. The van der Waals surface area contributed by atoms with Crippen molar-refractivity contribution in [3.05, 3.63) is 77.7 Å². The van der Waals surface area contributed by atoms with Crippen LogP contribution in [0.5, 0.6) is 0 Å². The number of alkyl carbamates (subject to hydrolysis) is 1. The molecule has 1 N–H and O–H groups in total. The minimum atomic E-state index is -0.561. The molecule has 9 heteroatoms. The normalized spacial score (nSPS) is 14.9. The van der Waals surface area contributed by atoms with Crippen molar-refractivity contribution < 1.29 is 14.3 Å². The maximum absolute atomic E-state index is 13.4. The number of ether oxygens (including phenoxy) is 1. The van der Waals surface area contributed by atoms with Gasteiger partial charge < -0.3 is 15.0 Å². The third-order valence-corrected chi connectivity index (χ3v) is 7.42. The molecule has 0 unspecified atom stereocenters. The summed E-state index contributed by atoms with van der Waals surface area (Å²) in [5, 5.41) is 12.1. The topological polar surface area (TPSA) is 113 Å². The zero-order chi connectivity index (χ0) is 29.4. The number of likely N-dealkylation sites (tertiary alicyclic amines) is 1. The number of benzene rings is 2. The molecule has 1 aliphatic rings. The van der Waals surface area contributed by atoms with Crippen LogP contribution in [0.3, 0.4) is 0 Å². The van der Waals surface area contributed by atoms with Crippen molar-refractivity contribution in [1.29, 1.82) is 5.26 Å². The summed E-state index contributed by atoms with van der Waals surface area (Å²) in [6, 6.07) is 15.3. The number of amides is 2. The van der Waals surface area contributed by atoms with E-state index in [2.05, 4.69) is 21.4 Å². The highest BCUT2D eigenvalue weighted by atomic mass is 16.6. The number of piperidine rings is 1. The molecule has 0 spiro atoms. The van der Waals surface area contributed by atoms with Gasteiger partial charge in [-0.3, -0.25) is 14.2 Å². The summed E-state index contributed by atoms with van der Waals surface area (Å²) in [5.74, 6) is -0.0190. The lowest BCUT2D eigenvalue weighted by molar-refractivity contribution is 0.0396. The van der Waals surface area contributed by atoms with E-state index < -0.39 is 17.2 Å². The number of fused-ring (bicyclic) bond motifs is 1. The number of carbonyl (C=O) groups excluding carboxylic acids is 2. The molecule has 1 fully saturated rings. The first-order valence-electron chi connectivity index (χ1n) is 13.7. The third kappa shape index (κ3) is 6.07. The number of hydrogen-bond donors (Lipinski definition) is 1. The SMILES string of the molecule is Cc1cc(-c2cn3c(-c4ccc(C#N)cc4)cnc3cn2)ccc1C(=O)N1CCC(C)(NC(=O)OC(C)(C)C)CC1. The molecule has 0 saturated carbocycles. The molecule has 2 amide bonds. The Bertz CT molecular complexity index is 1650. The number of aryl methyl sites for hydroxylation is 1. The van der Waals surface area contributed by atoms with Crippen LogP contribution >= 0.6 is 0 Å². The van der Waals surface area contributed by atoms with Gasteiger partial charge in [0.15, 0.2) is 5.65 Å². The van der Waals surface area contributed by atoms with Crippen molar-refractivity contribution in [2.75, 3.05) is 13.1 Å². The molecule has 0 bridgehead atoms. The smallest absolute Gasteiger partial charge is 0.408 e. The minimum absolute atomic E-state index is 0.0190. The second-order valence-corrected chi connectivity index (χ2v) is 11.8. The van der Waals surface area contributed by atoms with Crippen LogP contribution in [0.4, 0.5) is 4.79 Å². The van der Waals surface area contributed by atoms with Crippen LogP contribution in [0.2, 0.25) is 0 Å². The summed E-state index contributed by atoms with van der Waals surface area (Å²) in [6.07, 6.45) is 6.32. The zero-order valence-electron chi connectivity index (χ0n) is 24.1. The quantitative estimate of drug-likeness (QED) is 0.346. The molecule has 1 aliphatic heterocycles. The first-order chi connectivity index (χ1) is 19.4. The Morgan fingerprint density at radius 1 is 1.02 bits per heavy atom. The van der Waals surface area contributed by atoms with Gasteiger partial charge in [0.2, 0.25) is 0 Å². The first kappa shape index (κ1) is 27.8. The molecular weight excluding hydrogens is 516 g/mol. The second-order valence-electron chi connectivity index (χ2n) is 11.8. The van der Waals surface area contributed by atoms with Crippen molar-refractivity contribution in [2.45, 2.75) is 58.6 Å². The number of rotatable bonds is 4. The van der Waals surface area contributed by atoms with Gasteiger partial charge in [-0.2, -0.15) is 5.26 Å². The number of hydrogen-bond acceptors (Lipinski definition) is 6. The van der Waals surface area contributed by atoms with Crippen LogP contribution in [0.25, 0.3) is 28.2 Å². The number of nitrogens with one attached hydrogen (secondary N) is 1. The molecule has 0 atom stereocenters. The Kier molecular flexibility index (Phi) is 7.26. The van der Waals surface area contributed by atoms with E-state index in [1.807, 2.05) is 80.4 Å². The fraction of sp³-hybridized carbons (Fsp3) is 0.344. The molecule has 1 saturated heterocycles. The molecule has 0 aliphatic carbocycles. The number of carbonyl (C=O) groups is 2. The van der Waals surface area contributed by atoms with Crippen molar-refractivity contribution in [1.82, 2.24) is 24.6 Å². The van der Waals surface area contributed by atoms with Crippen LogP contribution in [-0.4, -0.2) is 55.5 Å². The fourth-order valence-electron chi connectivity index (χ4n) is 5.08.